The van der Waals surface area contributed by atoms with Gasteiger partial charge in [-0.1, -0.05) is 17.9 Å². The van der Waals surface area contributed by atoms with Crippen LogP contribution in [0.15, 0.2) is 40.7 Å². The summed E-state index contributed by atoms with van der Waals surface area (Å²) >= 11 is 0. The molecule has 1 heterocycles. The van der Waals surface area contributed by atoms with Gasteiger partial charge in [0.15, 0.2) is 0 Å². The quantitative estimate of drug-likeness (QED) is 0.176. The summed E-state index contributed by atoms with van der Waals surface area (Å²) in [5.74, 6) is -0.946. The van der Waals surface area contributed by atoms with Gasteiger partial charge < -0.3 is 41.6 Å². The van der Waals surface area contributed by atoms with Crippen molar-refractivity contribution in [3.8, 4) is 11.5 Å². The van der Waals surface area contributed by atoms with E-state index in [1.165, 1.54) is 30.5 Å². The molecule has 2 rings (SSSR count). The van der Waals surface area contributed by atoms with Gasteiger partial charge in [-0.25, -0.2) is 0 Å². The topological polar surface area (TPSA) is 222 Å². The minimum absolute atomic E-state index is 0. The molecule has 2 aromatic rings. The molecule has 0 radical (unpaired) electrons. The van der Waals surface area contributed by atoms with Crippen LogP contribution in [0.4, 0.5) is 0 Å². The molecule has 0 saturated carbocycles. The van der Waals surface area contributed by atoms with E-state index in [1.54, 1.807) is 6.92 Å². The molecular weight excluding hydrogens is 470 g/mol. The second-order valence-corrected chi connectivity index (χ2v) is 4.47. The van der Waals surface area contributed by atoms with Crippen molar-refractivity contribution in [2.75, 3.05) is 14.2 Å². The Labute approximate surface area is 182 Å². The van der Waals surface area contributed by atoms with E-state index in [-0.39, 0.29) is 66.9 Å². The molecule has 4 N–H and O–H groups in total. The summed E-state index contributed by atoms with van der Waals surface area (Å²) in [7, 11) is 2.00. The number of hydrogen-bond acceptors (Lipinski definition) is 9. The van der Waals surface area contributed by atoms with E-state index in [9.17, 15) is 15.3 Å². The fourth-order valence-corrected chi connectivity index (χ4v) is 1.71. The van der Waals surface area contributed by atoms with Crippen molar-refractivity contribution >= 4 is 12.1 Å². The van der Waals surface area contributed by atoms with Crippen LogP contribution < -0.4 is 10.2 Å². The smallest absolute Gasteiger partial charge is 0.115 e. The third-order valence-corrected chi connectivity index (χ3v) is 2.95. The molecule has 0 aliphatic rings. The predicted molar refractivity (Wildman–Crippen MR) is 94.2 cm³/mol. The molecule has 0 fully saturated rings. The van der Waals surface area contributed by atoms with E-state index >= 15 is 0 Å². The summed E-state index contributed by atoms with van der Waals surface area (Å²) in [4.78, 5) is 3.85. The Balaban J connectivity index is -0.000000420. The van der Waals surface area contributed by atoms with Gasteiger partial charge in [-0.3, -0.25) is 4.98 Å². The number of aliphatic hydroxyl groups excluding tert-OH is 3. The Hall–Kier alpha value is -2.40. The first-order valence-corrected chi connectivity index (χ1v) is 7.26. The number of aliphatic hydroxyl groups is 3. The Morgan fingerprint density at radius 1 is 1.10 bits per heavy atom. The zero-order valence-electron chi connectivity index (χ0n) is 15.8. The van der Waals surface area contributed by atoms with Gasteiger partial charge in [-0.15, -0.1) is 0 Å². The largest absolute Gasteiger partial charge is 2.00 e. The molecule has 29 heavy (non-hydrogen) atoms. The third-order valence-electron chi connectivity index (χ3n) is 2.95. The first-order valence-electron chi connectivity index (χ1n) is 7.26. The molecule has 1 aromatic heterocycles. The van der Waals surface area contributed by atoms with Gasteiger partial charge >= 0.3 is 0 Å². The molecule has 12 heteroatoms. The first kappa shape index (κ1) is 34.1. The van der Waals surface area contributed by atoms with E-state index in [4.69, 9.17) is 15.3 Å². The maximum Gasteiger partial charge on any atom is 0.115 e. The monoisotopic (exact) mass is 493 g/mol. The molecule has 0 bridgehead atoms. The number of aromatic nitrogens is 1. The maximum atomic E-state index is 11.9. The SMILES string of the molecule is CO.CO.Cc1ncc(CO)c(/C=N/N=C(\[O-])c2ccc(O)cc2)c1[O-].[Mo].[O-2].[O-2]. The molecule has 0 amide bonds. The number of hydrogen-bond donors (Lipinski definition) is 4. The van der Waals surface area contributed by atoms with Crippen molar-refractivity contribution in [3.63, 3.8) is 0 Å². The predicted octanol–water partition coefficient (Wildman–Crippen LogP) is -1.22. The molecule has 11 nitrogen and oxygen atoms in total. The molecule has 0 spiro atoms. The second-order valence-electron chi connectivity index (χ2n) is 4.47. The summed E-state index contributed by atoms with van der Waals surface area (Å²) in [6.07, 6.45) is 2.50. The van der Waals surface area contributed by atoms with Gasteiger partial charge in [0.25, 0.3) is 0 Å². The van der Waals surface area contributed by atoms with E-state index < -0.39 is 5.90 Å². The minimum atomic E-state index is -0.611. The van der Waals surface area contributed by atoms with E-state index in [1.807, 2.05) is 0 Å². The zero-order chi connectivity index (χ0) is 20.1. The van der Waals surface area contributed by atoms with Crippen molar-refractivity contribution < 1.29 is 62.7 Å². The molecule has 0 aliphatic heterocycles. The van der Waals surface area contributed by atoms with Crippen molar-refractivity contribution in [2.24, 2.45) is 10.2 Å². The van der Waals surface area contributed by atoms with Crippen LogP contribution in [0.25, 0.3) is 0 Å². The van der Waals surface area contributed by atoms with E-state index in [0.29, 0.717) is 5.56 Å². The number of nitrogens with zero attached hydrogens (tertiary/aromatic N) is 3. The number of phenolic OH excluding ortho intramolecular Hbond substituents is 1. The molecular formula is C17H21MoN3O8-6. The maximum absolute atomic E-state index is 11.9. The number of benzene rings is 1. The Morgan fingerprint density at radius 2 is 1.62 bits per heavy atom. The normalized spacial score (nSPS) is 9.52. The van der Waals surface area contributed by atoms with E-state index in [2.05, 4.69) is 15.2 Å². The van der Waals surface area contributed by atoms with Crippen LogP contribution >= 0.6 is 0 Å². The summed E-state index contributed by atoms with van der Waals surface area (Å²) in [6.45, 7) is 1.18. The van der Waals surface area contributed by atoms with E-state index in [0.717, 1.165) is 20.4 Å². The minimum Gasteiger partial charge on any atom is -2.00 e. The third kappa shape index (κ3) is 10.6. The van der Waals surface area contributed by atoms with Crippen molar-refractivity contribution in [1.82, 2.24) is 4.98 Å². The second kappa shape index (κ2) is 18.9. The molecule has 0 aliphatic carbocycles. The fraction of sp³-hybridized carbons (Fsp3) is 0.235. The van der Waals surface area contributed by atoms with Crippen LogP contribution in [0.3, 0.4) is 0 Å². The zero-order valence-corrected chi connectivity index (χ0v) is 17.8. The fourth-order valence-electron chi connectivity index (χ4n) is 1.71. The molecule has 0 atom stereocenters. The van der Waals surface area contributed by atoms with Crippen LogP contribution in [0, 0.1) is 6.92 Å². The summed E-state index contributed by atoms with van der Waals surface area (Å²) in [6, 6.07) is 5.54. The summed E-state index contributed by atoms with van der Waals surface area (Å²) < 4.78 is 0. The van der Waals surface area contributed by atoms with Crippen LogP contribution in [-0.4, -0.2) is 51.7 Å². The van der Waals surface area contributed by atoms with Crippen LogP contribution in [0.2, 0.25) is 0 Å². The van der Waals surface area contributed by atoms with Crippen molar-refractivity contribution in [2.45, 2.75) is 13.5 Å². The van der Waals surface area contributed by atoms with Gasteiger partial charge in [0.2, 0.25) is 0 Å². The summed E-state index contributed by atoms with van der Waals surface area (Å²) in [5.41, 5.74) is 0.984. The average molecular weight is 491 g/mol. The Morgan fingerprint density at radius 3 is 2.10 bits per heavy atom. The van der Waals surface area contributed by atoms with Gasteiger partial charge in [-0.2, -0.15) is 10.2 Å². The number of aromatic hydroxyl groups is 1. The number of phenols is 1. The molecule has 0 unspecified atom stereocenters. The first-order chi connectivity index (χ1) is 12.5. The number of rotatable bonds is 4. The number of aryl methyl sites for hydroxylation is 1. The Kier molecular flexibility index (Phi) is 22.3. The molecule has 0 saturated heterocycles. The van der Waals surface area contributed by atoms with Gasteiger partial charge in [0, 0.05) is 58.6 Å². The molecule has 1 aromatic carbocycles. The van der Waals surface area contributed by atoms with Crippen molar-refractivity contribution in [3.05, 3.63) is 52.8 Å². The molecule has 164 valence electrons. The van der Waals surface area contributed by atoms with Gasteiger partial charge in [0.1, 0.15) is 5.75 Å². The van der Waals surface area contributed by atoms with Crippen LogP contribution in [0.1, 0.15) is 22.4 Å². The van der Waals surface area contributed by atoms with Gasteiger partial charge in [0.05, 0.1) is 12.8 Å². The standard InChI is InChI=1S/C15H15N3O4.2CH4O.Mo.2O/c1-9-14(21)13(11(8-19)6-16-9)7-17-18-15(22)10-2-4-12(20)5-3-10;2*1-2;;;/h2-7,19-21H,8H2,1H3,(H,18,22);2*2H,1H3;;;/q;;;;2*-2/p-2/b17-7+;;;;;. The number of pyridine rings is 1. The Bertz CT molecular complexity index is 740. The van der Waals surface area contributed by atoms with Crippen molar-refractivity contribution in [1.29, 1.82) is 0 Å². The average Bonchev–Trinajstić information content (AvgIpc) is 2.69. The van der Waals surface area contributed by atoms with Crippen LogP contribution in [0.5, 0.6) is 11.5 Å². The van der Waals surface area contributed by atoms with Gasteiger partial charge in [-0.05, 0) is 30.2 Å². The van der Waals surface area contributed by atoms with Crippen LogP contribution in [-0.2, 0) is 38.6 Å². The summed E-state index contributed by atoms with van der Waals surface area (Å²) in [5, 5.41) is 63.1.